The number of hydrogen-bond donors (Lipinski definition) is 1. The van der Waals surface area contributed by atoms with Crippen molar-refractivity contribution in [3.63, 3.8) is 0 Å². The standard InChI is InChI=1S/C16H19NO3S/c1-12(16-7-4-10-20-16)17-21(18,19)15-9-8-13-5-2-3-6-14(13)11-15/h2-3,5-6,8-9,11-12,16-17H,4,7,10H2,1H3/t12-,16-/m0/s1. The third-order valence-corrected chi connectivity index (χ3v) is 5.45. The first-order chi connectivity index (χ1) is 10.1. The molecule has 0 amide bonds. The Morgan fingerprint density at radius 2 is 1.95 bits per heavy atom. The van der Waals surface area contributed by atoms with Crippen molar-refractivity contribution in [2.75, 3.05) is 6.61 Å². The van der Waals surface area contributed by atoms with Gasteiger partial charge in [-0.25, -0.2) is 13.1 Å². The molecule has 5 heteroatoms. The second kappa shape index (κ2) is 5.75. The van der Waals surface area contributed by atoms with Gasteiger partial charge in [0, 0.05) is 12.6 Å². The Hall–Kier alpha value is -1.43. The molecule has 112 valence electrons. The number of hydrogen-bond acceptors (Lipinski definition) is 3. The van der Waals surface area contributed by atoms with E-state index in [0.717, 1.165) is 23.6 Å². The Balaban J connectivity index is 1.85. The molecule has 2 aromatic carbocycles. The Labute approximate surface area is 125 Å². The molecule has 0 aliphatic carbocycles. The van der Waals surface area contributed by atoms with Crippen molar-refractivity contribution < 1.29 is 13.2 Å². The molecule has 21 heavy (non-hydrogen) atoms. The third kappa shape index (κ3) is 3.10. The SMILES string of the molecule is C[C@H](NS(=O)(=O)c1ccc2ccccc2c1)[C@@H]1CCCO1. The number of fused-ring (bicyclic) bond motifs is 1. The highest BCUT2D eigenvalue weighted by Gasteiger charge is 2.26. The van der Waals surface area contributed by atoms with Gasteiger partial charge in [-0.3, -0.25) is 0 Å². The predicted octanol–water partition coefficient (Wildman–Crippen LogP) is 2.69. The number of benzene rings is 2. The lowest BCUT2D eigenvalue weighted by molar-refractivity contribution is 0.0902. The van der Waals surface area contributed by atoms with Gasteiger partial charge in [0.1, 0.15) is 0 Å². The van der Waals surface area contributed by atoms with Gasteiger partial charge in [-0.05, 0) is 42.7 Å². The Morgan fingerprint density at radius 1 is 1.19 bits per heavy atom. The van der Waals surface area contributed by atoms with Gasteiger partial charge in [-0.1, -0.05) is 30.3 Å². The maximum Gasteiger partial charge on any atom is 0.240 e. The van der Waals surface area contributed by atoms with Crippen molar-refractivity contribution in [1.29, 1.82) is 0 Å². The van der Waals surface area contributed by atoms with Crippen LogP contribution in [0.25, 0.3) is 10.8 Å². The largest absolute Gasteiger partial charge is 0.377 e. The quantitative estimate of drug-likeness (QED) is 0.945. The monoisotopic (exact) mass is 305 g/mol. The van der Waals surface area contributed by atoms with Gasteiger partial charge in [-0.15, -0.1) is 0 Å². The van der Waals surface area contributed by atoms with E-state index in [0.29, 0.717) is 11.5 Å². The van der Waals surface area contributed by atoms with E-state index in [1.165, 1.54) is 0 Å². The summed E-state index contributed by atoms with van der Waals surface area (Å²) in [5.74, 6) is 0. The van der Waals surface area contributed by atoms with Crippen LogP contribution >= 0.6 is 0 Å². The highest BCUT2D eigenvalue weighted by Crippen LogP contribution is 2.21. The molecule has 0 radical (unpaired) electrons. The van der Waals surface area contributed by atoms with Crippen LogP contribution in [0.2, 0.25) is 0 Å². The fourth-order valence-corrected chi connectivity index (χ4v) is 4.03. The Morgan fingerprint density at radius 3 is 2.67 bits per heavy atom. The summed E-state index contributed by atoms with van der Waals surface area (Å²) in [4.78, 5) is 0.297. The molecule has 1 aliphatic rings. The van der Waals surface area contributed by atoms with Crippen LogP contribution in [0.1, 0.15) is 19.8 Å². The second-order valence-corrected chi connectivity index (χ2v) is 7.18. The van der Waals surface area contributed by atoms with Crippen molar-refractivity contribution in [2.45, 2.75) is 36.8 Å². The molecule has 1 heterocycles. The van der Waals surface area contributed by atoms with Crippen molar-refractivity contribution >= 4 is 20.8 Å². The molecular weight excluding hydrogens is 286 g/mol. The van der Waals surface area contributed by atoms with Gasteiger partial charge >= 0.3 is 0 Å². The molecule has 0 bridgehead atoms. The van der Waals surface area contributed by atoms with E-state index in [-0.39, 0.29) is 12.1 Å². The molecule has 1 fully saturated rings. The number of ether oxygens (including phenoxy) is 1. The average molecular weight is 305 g/mol. The minimum Gasteiger partial charge on any atom is -0.377 e. The van der Waals surface area contributed by atoms with Crippen LogP contribution in [0, 0.1) is 0 Å². The van der Waals surface area contributed by atoms with Gasteiger partial charge in [-0.2, -0.15) is 0 Å². The normalized spacial score (nSPS) is 20.7. The van der Waals surface area contributed by atoms with Crippen LogP contribution in [-0.2, 0) is 14.8 Å². The lowest BCUT2D eigenvalue weighted by atomic mass is 10.1. The first-order valence-electron chi connectivity index (χ1n) is 7.19. The minimum absolute atomic E-state index is 0.0276. The average Bonchev–Trinajstić information content (AvgIpc) is 3.00. The summed E-state index contributed by atoms with van der Waals surface area (Å²) in [6.45, 7) is 2.57. The predicted molar refractivity (Wildman–Crippen MR) is 82.7 cm³/mol. The zero-order chi connectivity index (χ0) is 14.9. The molecular formula is C16H19NO3S. The molecule has 0 aromatic heterocycles. The number of nitrogens with one attached hydrogen (secondary N) is 1. The molecule has 1 N–H and O–H groups in total. The van der Waals surface area contributed by atoms with Gasteiger partial charge in [0.05, 0.1) is 11.0 Å². The molecule has 1 aliphatic heterocycles. The summed E-state index contributed by atoms with van der Waals surface area (Å²) in [7, 11) is -3.52. The first-order valence-corrected chi connectivity index (χ1v) is 8.67. The lowest BCUT2D eigenvalue weighted by Gasteiger charge is -2.20. The molecule has 2 aromatic rings. The highest BCUT2D eigenvalue weighted by molar-refractivity contribution is 7.89. The van der Waals surface area contributed by atoms with Gasteiger partial charge in [0.25, 0.3) is 0 Å². The summed E-state index contributed by atoms with van der Waals surface area (Å²) in [6, 6.07) is 12.7. The van der Waals surface area contributed by atoms with Crippen LogP contribution in [-0.4, -0.2) is 27.2 Å². The Bertz CT molecular complexity index is 736. The van der Waals surface area contributed by atoms with Crippen LogP contribution in [0.5, 0.6) is 0 Å². The van der Waals surface area contributed by atoms with Gasteiger partial charge in [0.2, 0.25) is 10.0 Å². The highest BCUT2D eigenvalue weighted by atomic mass is 32.2. The Kier molecular flexibility index (Phi) is 3.97. The number of rotatable bonds is 4. The minimum atomic E-state index is -3.52. The summed E-state index contributed by atoms with van der Waals surface area (Å²) in [5.41, 5.74) is 0. The van der Waals surface area contributed by atoms with Crippen LogP contribution in [0.15, 0.2) is 47.4 Å². The smallest absolute Gasteiger partial charge is 0.240 e. The van der Waals surface area contributed by atoms with E-state index in [9.17, 15) is 8.42 Å². The summed E-state index contributed by atoms with van der Waals surface area (Å²) >= 11 is 0. The van der Waals surface area contributed by atoms with E-state index in [1.54, 1.807) is 12.1 Å². The first kappa shape index (κ1) is 14.5. The van der Waals surface area contributed by atoms with E-state index in [2.05, 4.69) is 4.72 Å². The zero-order valence-electron chi connectivity index (χ0n) is 12.0. The van der Waals surface area contributed by atoms with E-state index >= 15 is 0 Å². The van der Waals surface area contributed by atoms with Crippen LogP contribution < -0.4 is 4.72 Å². The van der Waals surface area contributed by atoms with Crippen LogP contribution in [0.4, 0.5) is 0 Å². The molecule has 3 rings (SSSR count). The molecule has 0 spiro atoms. The van der Waals surface area contributed by atoms with Crippen molar-refractivity contribution in [1.82, 2.24) is 4.72 Å². The maximum absolute atomic E-state index is 12.5. The molecule has 4 nitrogen and oxygen atoms in total. The second-order valence-electron chi connectivity index (χ2n) is 5.47. The van der Waals surface area contributed by atoms with Gasteiger partial charge in [0.15, 0.2) is 0 Å². The van der Waals surface area contributed by atoms with Gasteiger partial charge < -0.3 is 4.74 Å². The molecule has 0 saturated carbocycles. The fourth-order valence-electron chi connectivity index (χ4n) is 2.72. The van der Waals surface area contributed by atoms with Crippen molar-refractivity contribution in [2.24, 2.45) is 0 Å². The summed E-state index contributed by atoms with van der Waals surface area (Å²) < 4.78 is 33.2. The summed E-state index contributed by atoms with van der Waals surface area (Å²) in [6.07, 6.45) is 1.87. The summed E-state index contributed by atoms with van der Waals surface area (Å²) in [5, 5.41) is 1.95. The maximum atomic E-state index is 12.5. The molecule has 0 unspecified atom stereocenters. The topological polar surface area (TPSA) is 55.4 Å². The lowest BCUT2D eigenvalue weighted by Crippen LogP contribution is -2.40. The third-order valence-electron chi connectivity index (χ3n) is 3.89. The van der Waals surface area contributed by atoms with E-state index in [1.807, 2.05) is 37.3 Å². The van der Waals surface area contributed by atoms with E-state index in [4.69, 9.17) is 4.74 Å². The number of sulfonamides is 1. The van der Waals surface area contributed by atoms with Crippen molar-refractivity contribution in [3.05, 3.63) is 42.5 Å². The molecule has 2 atom stereocenters. The van der Waals surface area contributed by atoms with Crippen molar-refractivity contribution in [3.8, 4) is 0 Å². The molecule has 1 saturated heterocycles. The zero-order valence-corrected chi connectivity index (χ0v) is 12.8. The fraction of sp³-hybridized carbons (Fsp3) is 0.375. The van der Waals surface area contributed by atoms with Crippen LogP contribution in [0.3, 0.4) is 0 Å². The van der Waals surface area contributed by atoms with E-state index < -0.39 is 10.0 Å².